The van der Waals surface area contributed by atoms with E-state index in [1.807, 2.05) is 20.8 Å². The Labute approximate surface area is 266 Å². The second-order valence-corrected chi connectivity index (χ2v) is 15.1. The molecule has 1 amide bonds. The topological polar surface area (TPSA) is 75.1 Å². The van der Waals surface area contributed by atoms with Crippen LogP contribution in [0, 0.1) is 19.3 Å². The van der Waals surface area contributed by atoms with Crippen LogP contribution >= 0.6 is 11.3 Å². The van der Waals surface area contributed by atoms with Gasteiger partial charge in [0.15, 0.2) is 0 Å². The summed E-state index contributed by atoms with van der Waals surface area (Å²) in [5, 5.41) is 10.7. The molecule has 236 valence electrons. The number of carbonyl (C=O) groups excluding carboxylic acids is 1. The molecule has 3 aromatic rings. The Morgan fingerprint density at radius 1 is 1.02 bits per heavy atom. The molecule has 1 aromatic heterocycles. The zero-order chi connectivity index (χ0) is 31.1. The smallest absolute Gasteiger partial charge is 0.410 e. The number of aliphatic hydroxyl groups is 1. The van der Waals surface area contributed by atoms with E-state index in [4.69, 9.17) is 14.5 Å². The summed E-state index contributed by atoms with van der Waals surface area (Å²) in [6.45, 7) is 15.2. The first kappa shape index (κ1) is 31.1. The van der Waals surface area contributed by atoms with Crippen LogP contribution in [0.3, 0.4) is 0 Å². The molecule has 8 heteroatoms. The summed E-state index contributed by atoms with van der Waals surface area (Å²) in [4.78, 5) is 23.2. The number of nitrogens with zero attached hydrogens (tertiary/aromatic N) is 3. The number of piperidine rings is 1. The number of benzene rings is 2. The summed E-state index contributed by atoms with van der Waals surface area (Å²) in [5.41, 5.74) is 6.88. The third-order valence-corrected chi connectivity index (χ3v) is 10.8. The van der Waals surface area contributed by atoms with Crippen LogP contribution in [0.1, 0.15) is 74.6 Å². The highest BCUT2D eigenvalue weighted by molar-refractivity contribution is 7.15. The van der Waals surface area contributed by atoms with Gasteiger partial charge >= 0.3 is 6.09 Å². The van der Waals surface area contributed by atoms with Crippen LogP contribution in [-0.2, 0) is 17.7 Å². The monoisotopic (exact) mass is 617 g/mol. The first-order valence-electron chi connectivity index (χ1n) is 16.2. The summed E-state index contributed by atoms with van der Waals surface area (Å²) in [6, 6.07) is 12.8. The van der Waals surface area contributed by atoms with E-state index in [9.17, 15) is 9.90 Å². The number of hydrogen-bond acceptors (Lipinski definition) is 7. The number of ether oxygens (including phenoxy) is 2. The first-order valence-corrected chi connectivity index (χ1v) is 17.0. The molecule has 6 rings (SSSR count). The highest BCUT2D eigenvalue weighted by Crippen LogP contribution is 2.49. The van der Waals surface area contributed by atoms with E-state index in [2.05, 4.69) is 55.1 Å². The highest BCUT2D eigenvalue weighted by atomic mass is 32.1. The molecule has 2 aliphatic heterocycles. The van der Waals surface area contributed by atoms with Crippen molar-refractivity contribution < 1.29 is 19.4 Å². The minimum absolute atomic E-state index is 0.0587. The number of amides is 1. The molecular weight excluding hydrogens is 570 g/mol. The zero-order valence-corrected chi connectivity index (χ0v) is 27.8. The van der Waals surface area contributed by atoms with Crippen LogP contribution in [0.25, 0.3) is 21.7 Å². The van der Waals surface area contributed by atoms with E-state index >= 15 is 0 Å². The molecule has 0 bridgehead atoms. The minimum Gasteiger partial charge on any atom is -0.493 e. The molecule has 1 spiro atoms. The van der Waals surface area contributed by atoms with Crippen LogP contribution < -0.4 is 4.74 Å². The van der Waals surface area contributed by atoms with E-state index in [0.717, 1.165) is 77.8 Å². The summed E-state index contributed by atoms with van der Waals surface area (Å²) in [6.07, 6.45) is 5.88. The zero-order valence-electron chi connectivity index (χ0n) is 26.9. The number of aliphatic hydroxyl groups excluding tert-OH is 1. The lowest BCUT2D eigenvalue weighted by atomic mass is 9.61. The largest absolute Gasteiger partial charge is 0.493 e. The van der Waals surface area contributed by atoms with Gasteiger partial charge in [-0.15, -0.1) is 11.3 Å². The van der Waals surface area contributed by atoms with Gasteiger partial charge in [0, 0.05) is 30.0 Å². The molecule has 3 aliphatic rings. The lowest BCUT2D eigenvalue weighted by molar-refractivity contribution is -0.0681. The molecule has 7 nitrogen and oxygen atoms in total. The molecule has 0 radical (unpaired) electrons. The Kier molecular flexibility index (Phi) is 8.79. The molecule has 0 unspecified atom stereocenters. The maximum absolute atomic E-state index is 12.7. The van der Waals surface area contributed by atoms with Gasteiger partial charge in [-0.2, -0.15) is 0 Å². The number of fused-ring (bicyclic) bond motifs is 1. The van der Waals surface area contributed by atoms with Crippen molar-refractivity contribution in [2.45, 2.75) is 91.4 Å². The number of aromatic nitrogens is 1. The van der Waals surface area contributed by atoms with Crippen molar-refractivity contribution in [2.75, 3.05) is 32.8 Å². The van der Waals surface area contributed by atoms with Gasteiger partial charge in [-0.05, 0) is 114 Å². The second-order valence-electron chi connectivity index (χ2n) is 14.1. The van der Waals surface area contributed by atoms with Gasteiger partial charge in [0.2, 0.25) is 0 Å². The Hall–Kier alpha value is -2.94. The van der Waals surface area contributed by atoms with Gasteiger partial charge in [-0.3, -0.25) is 0 Å². The molecule has 1 aliphatic carbocycles. The van der Waals surface area contributed by atoms with E-state index < -0.39 is 5.60 Å². The van der Waals surface area contributed by atoms with Gasteiger partial charge in [0.1, 0.15) is 16.4 Å². The average Bonchev–Trinajstić information content (AvgIpc) is 3.39. The number of thiazole rings is 1. The fraction of sp³-hybridized carbons (Fsp3) is 0.556. The molecule has 1 saturated carbocycles. The van der Waals surface area contributed by atoms with Crippen LogP contribution in [0.5, 0.6) is 5.75 Å². The predicted molar refractivity (Wildman–Crippen MR) is 176 cm³/mol. The normalized spacial score (nSPS) is 18.6. The van der Waals surface area contributed by atoms with Crippen LogP contribution in [-0.4, -0.2) is 70.5 Å². The van der Waals surface area contributed by atoms with Crippen molar-refractivity contribution in [3.05, 3.63) is 58.1 Å². The Balaban J connectivity index is 1.10. The third kappa shape index (κ3) is 6.68. The molecule has 2 fully saturated rings. The first-order chi connectivity index (χ1) is 21.0. The SMILES string of the molecule is Cc1c(OCCCN2CCC3(CC2)CC(O)C3)cccc1-c1cccc(-c2nc3c(s2)CN(C(=O)OC(C)(C)C)CC3)c1C. The lowest BCUT2D eigenvalue weighted by Crippen LogP contribution is -2.49. The van der Waals surface area contributed by atoms with E-state index in [1.54, 1.807) is 16.2 Å². The minimum atomic E-state index is -0.507. The number of carbonyl (C=O) groups is 1. The van der Waals surface area contributed by atoms with Crippen LogP contribution in [0.4, 0.5) is 4.79 Å². The quantitative estimate of drug-likeness (QED) is 0.279. The Bertz CT molecular complexity index is 1490. The standard InChI is InChI=1S/C36H47N3O4S/c1-24-27(9-6-11-29(24)33-37-30-13-17-39(23-32(30)44-33)34(41)43-35(3,4)5)28-10-7-12-31(25(28)2)42-20-8-16-38-18-14-36(15-19-38)21-26(40)22-36/h6-7,9-12,26,40H,8,13-23H2,1-5H3. The highest BCUT2D eigenvalue weighted by Gasteiger charge is 2.44. The molecule has 2 aromatic carbocycles. The van der Waals surface area contributed by atoms with Gasteiger partial charge in [0.05, 0.1) is 24.9 Å². The fourth-order valence-corrected chi connectivity index (χ4v) is 8.29. The molecule has 1 N–H and O–H groups in total. The maximum Gasteiger partial charge on any atom is 0.410 e. The Morgan fingerprint density at radius 2 is 1.70 bits per heavy atom. The Morgan fingerprint density at radius 3 is 2.41 bits per heavy atom. The van der Waals surface area contributed by atoms with Crippen molar-refractivity contribution >= 4 is 17.4 Å². The summed E-state index contributed by atoms with van der Waals surface area (Å²) in [7, 11) is 0. The molecule has 1 saturated heterocycles. The summed E-state index contributed by atoms with van der Waals surface area (Å²) < 4.78 is 11.9. The van der Waals surface area contributed by atoms with Crippen molar-refractivity contribution in [3.8, 4) is 27.4 Å². The van der Waals surface area contributed by atoms with Crippen molar-refractivity contribution in [2.24, 2.45) is 5.41 Å². The fourth-order valence-electron chi connectivity index (χ4n) is 7.08. The van der Waals surface area contributed by atoms with Crippen molar-refractivity contribution in [1.82, 2.24) is 14.8 Å². The maximum atomic E-state index is 12.7. The van der Waals surface area contributed by atoms with E-state index in [1.165, 1.54) is 29.5 Å². The lowest BCUT2D eigenvalue weighted by Gasteiger charge is -2.50. The molecule has 0 atom stereocenters. The molecule has 3 heterocycles. The number of likely N-dealkylation sites (tertiary alicyclic amines) is 1. The van der Waals surface area contributed by atoms with Gasteiger partial charge < -0.3 is 24.4 Å². The van der Waals surface area contributed by atoms with E-state index in [0.29, 0.717) is 25.1 Å². The van der Waals surface area contributed by atoms with Gasteiger partial charge in [-0.25, -0.2) is 9.78 Å². The van der Waals surface area contributed by atoms with Crippen LogP contribution in [0.2, 0.25) is 0 Å². The van der Waals surface area contributed by atoms with Gasteiger partial charge in [0.25, 0.3) is 0 Å². The third-order valence-electron chi connectivity index (χ3n) is 9.65. The summed E-state index contributed by atoms with van der Waals surface area (Å²) in [5.74, 6) is 0.945. The number of hydrogen-bond donors (Lipinski definition) is 1. The average molecular weight is 618 g/mol. The molecular formula is C36H47N3O4S. The van der Waals surface area contributed by atoms with Crippen LogP contribution in [0.15, 0.2) is 36.4 Å². The molecule has 44 heavy (non-hydrogen) atoms. The predicted octanol–water partition coefficient (Wildman–Crippen LogP) is 7.39. The summed E-state index contributed by atoms with van der Waals surface area (Å²) >= 11 is 1.68. The van der Waals surface area contributed by atoms with Crippen molar-refractivity contribution in [3.63, 3.8) is 0 Å². The second kappa shape index (κ2) is 12.5. The van der Waals surface area contributed by atoms with Crippen molar-refractivity contribution in [1.29, 1.82) is 0 Å². The number of rotatable bonds is 7. The van der Waals surface area contributed by atoms with Gasteiger partial charge in [-0.1, -0.05) is 30.3 Å². The van der Waals surface area contributed by atoms with E-state index in [-0.39, 0.29) is 12.2 Å².